The number of nitrogens with one attached hydrogen (secondary N) is 3. The Hall–Kier alpha value is -5.68. The second kappa shape index (κ2) is 14.9. The maximum Gasteiger partial charge on any atom is 0.272 e. The Bertz CT molecular complexity index is 1780. The number of methoxy groups -OCH3 is 1. The van der Waals surface area contributed by atoms with Crippen LogP contribution < -0.4 is 25.7 Å². The Kier molecular flexibility index (Phi) is 10.3. The summed E-state index contributed by atoms with van der Waals surface area (Å²) in [4.78, 5) is 52.3. The molecule has 1 aliphatic rings. The van der Waals surface area contributed by atoms with Crippen LogP contribution >= 0.6 is 11.8 Å². The Labute approximate surface area is 270 Å². The first kappa shape index (κ1) is 31.7. The number of amides is 4. The molecule has 4 amide bonds. The number of carbonyl (C=O) groups is 4. The van der Waals surface area contributed by atoms with Gasteiger partial charge in [0.25, 0.3) is 17.7 Å². The van der Waals surface area contributed by atoms with Crippen LogP contribution in [0.4, 0.5) is 11.4 Å². The highest BCUT2D eigenvalue weighted by molar-refractivity contribution is 8.00. The summed E-state index contributed by atoms with van der Waals surface area (Å²) in [5.74, 6) is -0.479. The van der Waals surface area contributed by atoms with Gasteiger partial charge in [0.15, 0.2) is 0 Å². The smallest absolute Gasteiger partial charge is 0.272 e. The number of benzene rings is 4. The standard InChI is InChI=1S/C35H31N5O5S/c1-23(33(42)38-31-22-32(41)40(39-31)27-11-7-4-8-12-27)46-29-19-15-26(16-20-29)36-35(44)30(21-24-13-17-28(45-2)18-14-24)37-34(43)25-9-5-3-6-10-25/h3-21,23H,22H2,1-2H3,(H,36,44)(H,37,43)(H,38,39,42)/b30-21-. The minimum atomic E-state index is -0.510. The molecule has 5 rings (SSSR count). The van der Waals surface area contributed by atoms with E-state index in [2.05, 4.69) is 21.1 Å². The molecule has 0 aliphatic carbocycles. The molecule has 1 atom stereocenters. The molecule has 11 heteroatoms. The largest absolute Gasteiger partial charge is 0.497 e. The molecule has 0 radical (unpaired) electrons. The van der Waals surface area contributed by atoms with Gasteiger partial charge in [-0.1, -0.05) is 48.5 Å². The third kappa shape index (κ3) is 8.27. The van der Waals surface area contributed by atoms with Gasteiger partial charge in [0.1, 0.15) is 17.3 Å². The first-order valence-corrected chi connectivity index (χ1v) is 15.2. The van der Waals surface area contributed by atoms with E-state index < -0.39 is 17.1 Å². The van der Waals surface area contributed by atoms with Gasteiger partial charge in [0, 0.05) is 16.1 Å². The molecule has 10 nitrogen and oxygen atoms in total. The number of amidine groups is 1. The molecule has 1 unspecified atom stereocenters. The number of rotatable bonds is 10. The van der Waals surface area contributed by atoms with Crippen molar-refractivity contribution in [3.8, 4) is 5.75 Å². The van der Waals surface area contributed by atoms with Gasteiger partial charge in [-0.05, 0) is 79.2 Å². The second-order valence-electron chi connectivity index (χ2n) is 10.1. The van der Waals surface area contributed by atoms with E-state index in [0.717, 1.165) is 4.90 Å². The monoisotopic (exact) mass is 633 g/mol. The van der Waals surface area contributed by atoms with Crippen molar-refractivity contribution in [2.75, 3.05) is 17.4 Å². The summed E-state index contributed by atoms with van der Waals surface area (Å²) in [6.07, 6.45) is 1.59. The summed E-state index contributed by atoms with van der Waals surface area (Å²) in [7, 11) is 1.57. The number of anilines is 2. The average Bonchev–Trinajstić information content (AvgIpc) is 3.45. The lowest BCUT2D eigenvalue weighted by atomic mass is 10.1. The average molecular weight is 634 g/mol. The van der Waals surface area contributed by atoms with Gasteiger partial charge >= 0.3 is 0 Å². The van der Waals surface area contributed by atoms with Crippen LogP contribution in [0.3, 0.4) is 0 Å². The van der Waals surface area contributed by atoms with E-state index in [-0.39, 0.29) is 23.9 Å². The molecular formula is C35H31N5O5S. The van der Waals surface area contributed by atoms with Gasteiger partial charge in [-0.25, -0.2) is 0 Å². The Morgan fingerprint density at radius 1 is 0.870 bits per heavy atom. The van der Waals surface area contributed by atoms with Crippen LogP contribution in [0.25, 0.3) is 6.08 Å². The predicted octanol–water partition coefficient (Wildman–Crippen LogP) is 5.45. The first-order chi connectivity index (χ1) is 22.3. The van der Waals surface area contributed by atoms with E-state index in [0.29, 0.717) is 34.1 Å². The Morgan fingerprint density at radius 2 is 1.52 bits per heavy atom. The van der Waals surface area contributed by atoms with E-state index in [9.17, 15) is 19.2 Å². The van der Waals surface area contributed by atoms with E-state index in [4.69, 9.17) is 4.74 Å². The number of ether oxygens (including phenoxy) is 1. The van der Waals surface area contributed by atoms with Crippen molar-refractivity contribution in [1.82, 2.24) is 10.6 Å². The molecular weight excluding hydrogens is 602 g/mol. The molecule has 0 spiro atoms. The van der Waals surface area contributed by atoms with Gasteiger partial charge in [-0.3, -0.25) is 19.2 Å². The fourth-order valence-corrected chi connectivity index (χ4v) is 5.26. The van der Waals surface area contributed by atoms with Crippen molar-refractivity contribution in [2.24, 2.45) is 5.10 Å². The van der Waals surface area contributed by atoms with Crippen LogP contribution in [-0.4, -0.2) is 41.8 Å². The topological polar surface area (TPSA) is 129 Å². The maximum atomic E-state index is 13.3. The predicted molar refractivity (Wildman–Crippen MR) is 179 cm³/mol. The molecule has 0 aromatic heterocycles. The van der Waals surface area contributed by atoms with E-state index in [1.165, 1.54) is 16.8 Å². The molecule has 0 saturated carbocycles. The van der Waals surface area contributed by atoms with Crippen molar-refractivity contribution in [1.29, 1.82) is 0 Å². The van der Waals surface area contributed by atoms with Crippen LogP contribution in [0.2, 0.25) is 0 Å². The minimum Gasteiger partial charge on any atom is -0.497 e. The van der Waals surface area contributed by atoms with Gasteiger partial charge in [0.05, 0.1) is 24.5 Å². The highest BCUT2D eigenvalue weighted by Gasteiger charge is 2.27. The van der Waals surface area contributed by atoms with E-state index in [1.54, 1.807) is 111 Å². The summed E-state index contributed by atoms with van der Waals surface area (Å²) in [6, 6.07) is 31.7. The summed E-state index contributed by atoms with van der Waals surface area (Å²) in [5, 5.41) is 13.4. The third-order valence-electron chi connectivity index (χ3n) is 6.79. The lowest BCUT2D eigenvalue weighted by molar-refractivity contribution is -0.119. The molecule has 1 heterocycles. The summed E-state index contributed by atoms with van der Waals surface area (Å²) in [5.41, 5.74) is 2.30. The number of para-hydroxylation sites is 1. The van der Waals surface area contributed by atoms with E-state index in [1.807, 2.05) is 18.2 Å². The zero-order chi connectivity index (χ0) is 32.5. The molecule has 0 saturated heterocycles. The van der Waals surface area contributed by atoms with Gasteiger partial charge < -0.3 is 20.7 Å². The van der Waals surface area contributed by atoms with Gasteiger partial charge in [-0.2, -0.15) is 10.1 Å². The highest BCUT2D eigenvalue weighted by atomic mass is 32.2. The summed E-state index contributed by atoms with van der Waals surface area (Å²) >= 11 is 1.32. The number of carbonyl (C=O) groups excluding carboxylic acids is 4. The quantitative estimate of drug-likeness (QED) is 0.157. The minimum absolute atomic E-state index is 0.00706. The van der Waals surface area contributed by atoms with Crippen LogP contribution in [0.15, 0.2) is 125 Å². The molecule has 4 aromatic rings. The lowest BCUT2D eigenvalue weighted by Gasteiger charge is -2.13. The summed E-state index contributed by atoms with van der Waals surface area (Å²) in [6.45, 7) is 1.76. The van der Waals surface area contributed by atoms with Crippen molar-refractivity contribution in [3.63, 3.8) is 0 Å². The number of hydrazone groups is 1. The molecule has 1 aliphatic heterocycles. The zero-order valence-corrected chi connectivity index (χ0v) is 25.9. The SMILES string of the molecule is COc1ccc(/C=C(\NC(=O)c2ccccc2)C(=O)Nc2ccc(SC(C)C(=O)NC3=NN(c4ccccc4)C(=O)C3)cc2)cc1. The van der Waals surface area contributed by atoms with Gasteiger partial charge in [-0.15, -0.1) is 11.8 Å². The molecule has 46 heavy (non-hydrogen) atoms. The van der Waals surface area contributed by atoms with Crippen molar-refractivity contribution < 1.29 is 23.9 Å². The Balaban J connectivity index is 1.21. The normalized spacial score (nSPS) is 13.4. The lowest BCUT2D eigenvalue weighted by Crippen LogP contribution is -2.35. The van der Waals surface area contributed by atoms with Crippen LogP contribution in [0, 0.1) is 0 Å². The third-order valence-corrected chi connectivity index (χ3v) is 7.91. The van der Waals surface area contributed by atoms with Crippen molar-refractivity contribution >= 4 is 58.7 Å². The highest BCUT2D eigenvalue weighted by Crippen LogP contribution is 2.26. The molecule has 3 N–H and O–H groups in total. The van der Waals surface area contributed by atoms with Crippen LogP contribution in [0.1, 0.15) is 29.3 Å². The molecule has 232 valence electrons. The van der Waals surface area contributed by atoms with Gasteiger partial charge in [0.2, 0.25) is 5.91 Å². The number of hydrogen-bond acceptors (Lipinski definition) is 7. The second-order valence-corrected chi connectivity index (χ2v) is 11.6. The first-order valence-electron chi connectivity index (χ1n) is 14.4. The number of nitrogens with zero attached hydrogens (tertiary/aromatic N) is 2. The van der Waals surface area contributed by atoms with E-state index >= 15 is 0 Å². The molecule has 4 aromatic carbocycles. The maximum absolute atomic E-state index is 13.3. The molecule has 0 fully saturated rings. The fourth-order valence-electron chi connectivity index (χ4n) is 4.40. The zero-order valence-electron chi connectivity index (χ0n) is 25.1. The van der Waals surface area contributed by atoms with Crippen LogP contribution in [-0.2, 0) is 14.4 Å². The van der Waals surface area contributed by atoms with Crippen molar-refractivity contribution in [3.05, 3.63) is 126 Å². The van der Waals surface area contributed by atoms with Crippen molar-refractivity contribution in [2.45, 2.75) is 23.5 Å². The number of thioether (sulfide) groups is 1. The fraction of sp³-hybridized carbons (Fsp3) is 0.114. The van der Waals surface area contributed by atoms with Crippen LogP contribution in [0.5, 0.6) is 5.75 Å². The number of hydrogen-bond donors (Lipinski definition) is 3. The molecule has 0 bridgehead atoms. The Morgan fingerprint density at radius 3 is 2.17 bits per heavy atom. The summed E-state index contributed by atoms with van der Waals surface area (Å²) < 4.78 is 5.21.